The first-order chi connectivity index (χ1) is 6.25. The molecule has 1 rings (SSSR count). The lowest BCUT2D eigenvalue weighted by Crippen LogP contribution is -2.08. The van der Waals surface area contributed by atoms with E-state index in [1.54, 1.807) is 24.3 Å². The molecule has 1 N–H and O–H groups in total. The van der Waals surface area contributed by atoms with Gasteiger partial charge in [-0.1, -0.05) is 30.3 Å². The second kappa shape index (κ2) is 4.50. The molecule has 66 valence electrons. The van der Waals surface area contributed by atoms with E-state index in [4.69, 9.17) is 5.11 Å². The van der Waals surface area contributed by atoms with Crippen LogP contribution in [-0.2, 0) is 4.79 Å². The molecule has 1 aromatic rings. The van der Waals surface area contributed by atoms with Crippen LogP contribution < -0.4 is 0 Å². The molecule has 0 saturated heterocycles. The molecule has 0 bridgehead atoms. The fraction of sp³-hybridized carbons (Fsp3) is 0.111. The summed E-state index contributed by atoms with van der Waals surface area (Å²) in [6.07, 6.45) is 0. The van der Waals surface area contributed by atoms with Crippen molar-refractivity contribution < 1.29 is 9.90 Å². The van der Waals surface area contributed by atoms with E-state index in [2.05, 4.69) is 22.4 Å². The van der Waals surface area contributed by atoms with Gasteiger partial charge in [0.15, 0.2) is 6.04 Å². The van der Waals surface area contributed by atoms with Crippen molar-refractivity contribution >= 4 is 23.3 Å². The van der Waals surface area contributed by atoms with Crippen LogP contribution in [0, 0.1) is 0 Å². The molecule has 0 aromatic heterocycles. The third-order valence-corrected chi connectivity index (χ3v) is 1.64. The summed E-state index contributed by atoms with van der Waals surface area (Å²) < 4.78 is 0. The molecule has 1 atom stereocenters. The standard InChI is InChI=1S/C9H7NO2S/c11-9(12)8(10-6-13)7-4-2-1-3-5-7/h1-5,8H,(H,11,12). The van der Waals surface area contributed by atoms with Crippen molar-refractivity contribution in [3.05, 3.63) is 35.9 Å². The Kier molecular flexibility index (Phi) is 3.31. The first-order valence-corrected chi connectivity index (χ1v) is 4.01. The highest BCUT2D eigenvalue weighted by Crippen LogP contribution is 2.16. The summed E-state index contributed by atoms with van der Waals surface area (Å²) in [6, 6.07) is 7.76. The molecule has 0 heterocycles. The van der Waals surface area contributed by atoms with E-state index in [-0.39, 0.29) is 0 Å². The number of carboxylic acids is 1. The lowest BCUT2D eigenvalue weighted by atomic mass is 10.1. The van der Waals surface area contributed by atoms with E-state index in [9.17, 15) is 4.79 Å². The molecule has 3 nitrogen and oxygen atoms in total. The Morgan fingerprint density at radius 1 is 1.46 bits per heavy atom. The van der Waals surface area contributed by atoms with E-state index in [0.717, 1.165) is 0 Å². The second-order valence-electron chi connectivity index (χ2n) is 2.37. The molecule has 0 spiro atoms. The topological polar surface area (TPSA) is 49.7 Å². The molecule has 0 aliphatic carbocycles. The number of benzene rings is 1. The highest BCUT2D eigenvalue weighted by molar-refractivity contribution is 7.78. The maximum Gasteiger partial charge on any atom is 0.333 e. The number of hydrogen-bond donors (Lipinski definition) is 1. The fourth-order valence-electron chi connectivity index (χ4n) is 0.960. The van der Waals surface area contributed by atoms with Crippen molar-refractivity contribution in [2.75, 3.05) is 0 Å². The van der Waals surface area contributed by atoms with Gasteiger partial charge in [0.2, 0.25) is 0 Å². The number of aliphatic imine (C=N–C) groups is 1. The average molecular weight is 193 g/mol. The molecule has 0 aliphatic rings. The first kappa shape index (κ1) is 9.58. The number of carbonyl (C=O) groups is 1. The molecule has 0 amide bonds. The van der Waals surface area contributed by atoms with Gasteiger partial charge >= 0.3 is 5.97 Å². The Balaban J connectivity index is 3.02. The summed E-state index contributed by atoms with van der Waals surface area (Å²) in [5, 5.41) is 10.9. The Hall–Kier alpha value is -1.51. The molecule has 0 fully saturated rings. The van der Waals surface area contributed by atoms with Crippen LogP contribution in [0.25, 0.3) is 0 Å². The van der Waals surface area contributed by atoms with Gasteiger partial charge in [0.25, 0.3) is 0 Å². The highest BCUT2D eigenvalue weighted by Gasteiger charge is 2.17. The third-order valence-electron chi connectivity index (χ3n) is 1.53. The zero-order valence-electron chi connectivity index (χ0n) is 6.68. The van der Waals surface area contributed by atoms with Crippen molar-refractivity contribution in [3.63, 3.8) is 0 Å². The van der Waals surface area contributed by atoms with Crippen molar-refractivity contribution in [1.29, 1.82) is 0 Å². The predicted octanol–water partition coefficient (Wildman–Crippen LogP) is 1.92. The van der Waals surface area contributed by atoms with Gasteiger partial charge in [0, 0.05) is 0 Å². The van der Waals surface area contributed by atoms with Gasteiger partial charge in [-0.2, -0.15) is 0 Å². The van der Waals surface area contributed by atoms with E-state index >= 15 is 0 Å². The SMILES string of the molecule is O=C(O)C(N=C=S)c1ccccc1. The number of aliphatic carboxylic acids is 1. The smallest absolute Gasteiger partial charge is 0.333 e. The summed E-state index contributed by atoms with van der Waals surface area (Å²) in [4.78, 5) is 14.3. The van der Waals surface area contributed by atoms with Crippen LogP contribution in [0.15, 0.2) is 35.3 Å². The zero-order chi connectivity index (χ0) is 9.68. The minimum atomic E-state index is -1.02. The van der Waals surface area contributed by atoms with Crippen LogP contribution in [0.3, 0.4) is 0 Å². The van der Waals surface area contributed by atoms with Crippen LogP contribution >= 0.6 is 12.2 Å². The van der Waals surface area contributed by atoms with Crippen molar-refractivity contribution in [2.45, 2.75) is 6.04 Å². The summed E-state index contributed by atoms with van der Waals surface area (Å²) in [7, 11) is 0. The van der Waals surface area contributed by atoms with Gasteiger partial charge in [-0.15, -0.1) is 0 Å². The molecule has 0 radical (unpaired) electrons. The first-order valence-electron chi connectivity index (χ1n) is 3.60. The summed E-state index contributed by atoms with van der Waals surface area (Å²) in [5.41, 5.74) is 0.604. The van der Waals surface area contributed by atoms with E-state index in [0.29, 0.717) is 5.56 Å². The van der Waals surface area contributed by atoms with Gasteiger partial charge in [0.1, 0.15) is 0 Å². The number of carboxylic acid groups (broad SMARTS) is 1. The third kappa shape index (κ3) is 2.47. The molecular formula is C9H7NO2S. The van der Waals surface area contributed by atoms with Gasteiger partial charge < -0.3 is 5.11 Å². The minimum absolute atomic E-state index is 0.604. The predicted molar refractivity (Wildman–Crippen MR) is 51.8 cm³/mol. The molecule has 0 saturated carbocycles. The number of nitrogens with zero attached hydrogens (tertiary/aromatic N) is 1. The average Bonchev–Trinajstić information content (AvgIpc) is 2.15. The zero-order valence-corrected chi connectivity index (χ0v) is 7.49. The highest BCUT2D eigenvalue weighted by atomic mass is 32.1. The van der Waals surface area contributed by atoms with E-state index < -0.39 is 12.0 Å². The fourth-order valence-corrected chi connectivity index (χ4v) is 1.07. The largest absolute Gasteiger partial charge is 0.479 e. The summed E-state index contributed by atoms with van der Waals surface area (Å²) in [5.74, 6) is -1.02. The van der Waals surface area contributed by atoms with Crippen molar-refractivity contribution in [2.24, 2.45) is 4.99 Å². The van der Waals surface area contributed by atoms with Gasteiger partial charge in [-0.05, 0) is 17.8 Å². The van der Waals surface area contributed by atoms with Crippen LogP contribution in [0.4, 0.5) is 0 Å². The van der Waals surface area contributed by atoms with Crippen LogP contribution in [0.5, 0.6) is 0 Å². The molecule has 0 aliphatic heterocycles. The summed E-state index contributed by atoms with van der Waals surface area (Å²) >= 11 is 4.37. The number of isothiocyanates is 1. The van der Waals surface area contributed by atoms with Crippen molar-refractivity contribution in [3.8, 4) is 0 Å². The molecule has 1 aromatic carbocycles. The number of rotatable bonds is 3. The van der Waals surface area contributed by atoms with Crippen LogP contribution in [0.2, 0.25) is 0 Å². The monoisotopic (exact) mass is 193 g/mol. The maximum absolute atomic E-state index is 10.7. The minimum Gasteiger partial charge on any atom is -0.479 e. The molecular weight excluding hydrogens is 186 g/mol. The molecule has 13 heavy (non-hydrogen) atoms. The Morgan fingerprint density at radius 2 is 2.08 bits per heavy atom. The van der Waals surface area contributed by atoms with Gasteiger partial charge in [-0.25, -0.2) is 9.79 Å². The van der Waals surface area contributed by atoms with Gasteiger partial charge in [-0.3, -0.25) is 0 Å². The Morgan fingerprint density at radius 3 is 2.54 bits per heavy atom. The molecule has 1 unspecified atom stereocenters. The lowest BCUT2D eigenvalue weighted by molar-refractivity contribution is -0.138. The lowest BCUT2D eigenvalue weighted by Gasteiger charge is -2.04. The van der Waals surface area contributed by atoms with Crippen molar-refractivity contribution in [1.82, 2.24) is 0 Å². The van der Waals surface area contributed by atoms with Crippen LogP contribution in [0.1, 0.15) is 11.6 Å². The normalized spacial score (nSPS) is 11.4. The van der Waals surface area contributed by atoms with E-state index in [1.807, 2.05) is 6.07 Å². The van der Waals surface area contributed by atoms with Gasteiger partial charge in [0.05, 0.1) is 5.16 Å². The quantitative estimate of drug-likeness (QED) is 0.589. The van der Waals surface area contributed by atoms with Crippen LogP contribution in [-0.4, -0.2) is 16.2 Å². The second-order valence-corrected chi connectivity index (χ2v) is 2.55. The maximum atomic E-state index is 10.7. The molecule has 4 heteroatoms. The number of thiocarbonyl (C=S) groups is 1. The number of hydrogen-bond acceptors (Lipinski definition) is 3. The Bertz CT molecular complexity index is 342. The van der Waals surface area contributed by atoms with E-state index in [1.165, 1.54) is 0 Å². The summed E-state index contributed by atoms with van der Waals surface area (Å²) in [6.45, 7) is 0. The Labute approximate surface area is 80.7 Å².